The molecule has 18 heavy (non-hydrogen) atoms. The van der Waals surface area contributed by atoms with E-state index in [1.807, 2.05) is 11.3 Å². The van der Waals surface area contributed by atoms with E-state index in [1.54, 1.807) is 0 Å². The average molecular weight is 256 g/mol. The minimum absolute atomic E-state index is 0.162. The number of aryl methyl sites for hydroxylation is 1. The molecule has 0 aliphatic heterocycles. The van der Waals surface area contributed by atoms with E-state index in [-0.39, 0.29) is 5.41 Å². The summed E-state index contributed by atoms with van der Waals surface area (Å²) in [5.74, 6) is 0. The average Bonchev–Trinajstić information content (AvgIpc) is 2.64. The van der Waals surface area contributed by atoms with Gasteiger partial charge < -0.3 is 0 Å². The van der Waals surface area contributed by atoms with Gasteiger partial charge >= 0.3 is 0 Å². The van der Waals surface area contributed by atoms with Gasteiger partial charge in [0.2, 0.25) is 5.69 Å². The third-order valence-electron chi connectivity index (χ3n) is 3.38. The molecule has 1 aromatic carbocycles. The Morgan fingerprint density at radius 3 is 2.44 bits per heavy atom. The first-order valence-electron chi connectivity index (χ1n) is 6.29. The molecule has 0 bridgehead atoms. The predicted molar refractivity (Wildman–Crippen MR) is 79.2 cm³/mol. The van der Waals surface area contributed by atoms with Crippen molar-refractivity contribution in [2.24, 2.45) is 7.05 Å². The van der Waals surface area contributed by atoms with Gasteiger partial charge in [-0.25, -0.2) is 4.57 Å². The molecule has 0 unspecified atom stereocenters. The number of hydrogen-bond acceptors (Lipinski definition) is 1. The Morgan fingerprint density at radius 2 is 1.72 bits per heavy atom. The van der Waals surface area contributed by atoms with Crippen molar-refractivity contribution in [1.29, 1.82) is 0 Å². The summed E-state index contributed by atoms with van der Waals surface area (Å²) in [5, 5.41) is 2.77. The zero-order valence-electron chi connectivity index (χ0n) is 11.3. The van der Waals surface area contributed by atoms with E-state index in [4.69, 9.17) is 0 Å². The van der Waals surface area contributed by atoms with Crippen molar-refractivity contribution in [3.63, 3.8) is 0 Å². The summed E-state index contributed by atoms with van der Waals surface area (Å²) in [6.45, 7) is 6.85. The van der Waals surface area contributed by atoms with E-state index in [0.29, 0.717) is 0 Å². The Hall–Kier alpha value is -1.41. The van der Waals surface area contributed by atoms with Crippen LogP contribution in [0.2, 0.25) is 0 Å². The molecule has 0 fully saturated rings. The van der Waals surface area contributed by atoms with Gasteiger partial charge in [0, 0.05) is 27.0 Å². The first-order valence-corrected chi connectivity index (χ1v) is 7.10. The van der Waals surface area contributed by atoms with Crippen LogP contribution in [0.25, 0.3) is 20.2 Å². The fourth-order valence-corrected chi connectivity index (χ4v) is 4.19. The third kappa shape index (κ3) is 1.64. The number of fused-ring (bicyclic) bond motifs is 3. The highest BCUT2D eigenvalue weighted by Gasteiger charge is 2.28. The molecule has 2 aromatic heterocycles. The van der Waals surface area contributed by atoms with Gasteiger partial charge in [-0.1, -0.05) is 39.0 Å². The lowest BCUT2D eigenvalue weighted by Crippen LogP contribution is -2.39. The fraction of sp³-hybridized carbons (Fsp3) is 0.312. The Balaban J connectivity index is 2.52. The van der Waals surface area contributed by atoms with Crippen molar-refractivity contribution in [3.8, 4) is 0 Å². The van der Waals surface area contributed by atoms with Gasteiger partial charge in [-0.05, 0) is 6.07 Å². The van der Waals surface area contributed by atoms with Crippen LogP contribution in [0.1, 0.15) is 26.5 Å². The van der Waals surface area contributed by atoms with Crippen LogP contribution >= 0.6 is 11.3 Å². The molecule has 1 nitrogen and oxygen atoms in total. The Bertz CT molecular complexity index is 732. The third-order valence-corrected chi connectivity index (χ3v) is 4.57. The van der Waals surface area contributed by atoms with Crippen LogP contribution in [-0.4, -0.2) is 0 Å². The SMILES string of the molecule is C[n+]1ccc2c(sc3ccccc32)c1C(C)(C)C. The topological polar surface area (TPSA) is 3.88 Å². The monoisotopic (exact) mass is 256 g/mol. The maximum Gasteiger partial charge on any atom is 0.204 e. The summed E-state index contributed by atoms with van der Waals surface area (Å²) in [4.78, 5) is 0. The number of aromatic nitrogens is 1. The molecule has 0 saturated heterocycles. The Labute approximate surface area is 112 Å². The van der Waals surface area contributed by atoms with Crippen molar-refractivity contribution in [1.82, 2.24) is 0 Å². The molecule has 0 radical (unpaired) electrons. The molecule has 3 aromatic rings. The molecule has 0 aliphatic rings. The van der Waals surface area contributed by atoms with Gasteiger partial charge in [0.05, 0.1) is 0 Å². The number of pyridine rings is 1. The molecule has 3 rings (SSSR count). The van der Waals surface area contributed by atoms with Crippen molar-refractivity contribution < 1.29 is 4.57 Å². The van der Waals surface area contributed by atoms with E-state index in [1.165, 1.54) is 25.9 Å². The quantitative estimate of drug-likeness (QED) is 0.531. The van der Waals surface area contributed by atoms with Gasteiger partial charge in [-0.15, -0.1) is 11.3 Å². The molecule has 0 spiro atoms. The van der Waals surface area contributed by atoms with E-state index in [2.05, 4.69) is 68.9 Å². The number of rotatable bonds is 0. The largest absolute Gasteiger partial charge is 0.204 e. The molecule has 2 heteroatoms. The summed E-state index contributed by atoms with van der Waals surface area (Å²) in [6.07, 6.45) is 2.18. The lowest BCUT2D eigenvalue weighted by Gasteiger charge is -2.16. The minimum Gasteiger partial charge on any atom is -0.203 e. The minimum atomic E-state index is 0.162. The second kappa shape index (κ2) is 3.79. The van der Waals surface area contributed by atoms with Crippen LogP contribution in [0, 0.1) is 0 Å². The van der Waals surface area contributed by atoms with Gasteiger partial charge in [0.15, 0.2) is 6.20 Å². The van der Waals surface area contributed by atoms with Crippen LogP contribution in [0.5, 0.6) is 0 Å². The molecule has 0 saturated carbocycles. The summed E-state index contributed by atoms with van der Waals surface area (Å²) < 4.78 is 5.07. The van der Waals surface area contributed by atoms with Gasteiger partial charge in [-0.2, -0.15) is 0 Å². The van der Waals surface area contributed by atoms with Crippen LogP contribution in [0.3, 0.4) is 0 Å². The zero-order chi connectivity index (χ0) is 12.9. The highest BCUT2D eigenvalue weighted by molar-refractivity contribution is 7.26. The molecule has 0 amide bonds. The summed E-state index contributed by atoms with van der Waals surface area (Å²) in [7, 11) is 2.14. The fourth-order valence-electron chi connectivity index (χ4n) is 2.70. The van der Waals surface area contributed by atoms with Crippen molar-refractivity contribution in [2.75, 3.05) is 0 Å². The predicted octanol–water partition coefficient (Wildman–Crippen LogP) is 4.18. The van der Waals surface area contributed by atoms with Crippen molar-refractivity contribution >= 4 is 31.5 Å². The van der Waals surface area contributed by atoms with E-state index in [0.717, 1.165) is 0 Å². The number of thiophene rings is 1. The first-order chi connectivity index (χ1) is 8.48. The highest BCUT2D eigenvalue weighted by Crippen LogP contribution is 2.37. The number of benzene rings is 1. The van der Waals surface area contributed by atoms with E-state index < -0.39 is 0 Å². The highest BCUT2D eigenvalue weighted by atomic mass is 32.1. The zero-order valence-corrected chi connectivity index (χ0v) is 12.1. The second-order valence-corrected chi connectivity index (χ2v) is 6.92. The second-order valence-electron chi connectivity index (χ2n) is 5.87. The summed E-state index contributed by atoms with van der Waals surface area (Å²) in [6, 6.07) is 10.9. The Morgan fingerprint density at radius 1 is 1.00 bits per heavy atom. The lowest BCUT2D eigenvalue weighted by molar-refractivity contribution is -0.680. The normalized spacial score (nSPS) is 12.4. The molecular formula is C16H18NS+. The standard InChI is InChI=1S/C16H18NS/c1-16(2,3)15-14-12(9-10-17(15)4)11-7-5-6-8-13(11)18-14/h5-10H,1-4H3/q+1. The molecule has 2 heterocycles. The van der Waals surface area contributed by atoms with Gasteiger partial charge in [0.25, 0.3) is 0 Å². The van der Waals surface area contributed by atoms with Crippen LogP contribution in [-0.2, 0) is 12.5 Å². The van der Waals surface area contributed by atoms with Gasteiger partial charge in [0.1, 0.15) is 11.7 Å². The van der Waals surface area contributed by atoms with Crippen LogP contribution in [0.4, 0.5) is 0 Å². The van der Waals surface area contributed by atoms with E-state index >= 15 is 0 Å². The molecule has 92 valence electrons. The smallest absolute Gasteiger partial charge is 0.203 e. The van der Waals surface area contributed by atoms with Crippen LogP contribution < -0.4 is 4.57 Å². The lowest BCUT2D eigenvalue weighted by atomic mass is 9.90. The maximum absolute atomic E-state index is 2.28. The summed E-state index contributed by atoms with van der Waals surface area (Å²) in [5.41, 5.74) is 1.58. The van der Waals surface area contributed by atoms with Crippen LogP contribution in [0.15, 0.2) is 36.5 Å². The Kier molecular flexibility index (Phi) is 2.46. The number of nitrogens with zero attached hydrogens (tertiary/aromatic N) is 1. The number of hydrogen-bond donors (Lipinski definition) is 0. The van der Waals surface area contributed by atoms with Crippen molar-refractivity contribution in [2.45, 2.75) is 26.2 Å². The molecule has 0 aliphatic carbocycles. The molecule has 0 atom stereocenters. The van der Waals surface area contributed by atoms with Crippen molar-refractivity contribution in [3.05, 3.63) is 42.2 Å². The molecular weight excluding hydrogens is 238 g/mol. The first kappa shape index (κ1) is 11.7. The maximum atomic E-state index is 2.28. The van der Waals surface area contributed by atoms with E-state index in [9.17, 15) is 0 Å². The molecule has 0 N–H and O–H groups in total. The summed E-state index contributed by atoms with van der Waals surface area (Å²) >= 11 is 1.91. The van der Waals surface area contributed by atoms with Gasteiger partial charge in [-0.3, -0.25) is 0 Å².